The Hall–Kier alpha value is -1.39. The molecule has 0 radical (unpaired) electrons. The first-order valence-corrected chi connectivity index (χ1v) is 6.39. The van der Waals surface area contributed by atoms with E-state index < -0.39 is 0 Å². The topological polar surface area (TPSA) is 32.8 Å². The van der Waals surface area contributed by atoms with E-state index in [9.17, 15) is 4.79 Å². The summed E-state index contributed by atoms with van der Waals surface area (Å²) in [6.07, 6.45) is 1.02. The Morgan fingerprint density at radius 2 is 2.00 bits per heavy atom. The number of hydroxylamine groups is 2. The zero-order valence-electron chi connectivity index (χ0n) is 11.0. The lowest BCUT2D eigenvalue weighted by Crippen LogP contribution is -2.39. The van der Waals surface area contributed by atoms with Gasteiger partial charge in [0.2, 0.25) is 0 Å². The van der Waals surface area contributed by atoms with E-state index in [2.05, 4.69) is 18.9 Å². The van der Waals surface area contributed by atoms with Gasteiger partial charge < -0.3 is 9.74 Å². The van der Waals surface area contributed by atoms with Crippen LogP contribution in [-0.2, 0) is 4.84 Å². The molecule has 0 saturated carbocycles. The lowest BCUT2D eigenvalue weighted by molar-refractivity contribution is -0.131. The van der Waals surface area contributed by atoms with Crippen LogP contribution in [0.2, 0.25) is 0 Å². The number of hydrogen-bond donors (Lipinski definition) is 0. The lowest BCUT2D eigenvalue weighted by Gasteiger charge is -2.26. The highest BCUT2D eigenvalue weighted by atomic mass is 16.7. The molecule has 0 amide bonds. The molecule has 0 N–H and O–H groups in total. The summed E-state index contributed by atoms with van der Waals surface area (Å²) in [5, 5.41) is 1.80. The first kappa shape index (κ1) is 13.1. The van der Waals surface area contributed by atoms with Gasteiger partial charge in [0, 0.05) is 13.1 Å². The molecule has 0 spiro atoms. The molecule has 0 aliphatic carbocycles. The molecule has 4 heteroatoms. The summed E-state index contributed by atoms with van der Waals surface area (Å²) < 4.78 is 0. The average Bonchev–Trinajstić information content (AvgIpc) is 2.52. The van der Waals surface area contributed by atoms with Crippen molar-refractivity contribution < 1.29 is 9.63 Å². The molecule has 2 rings (SSSR count). The van der Waals surface area contributed by atoms with Crippen LogP contribution in [0.3, 0.4) is 0 Å². The van der Waals surface area contributed by atoms with Gasteiger partial charge in [-0.05, 0) is 39.1 Å². The molecule has 1 aliphatic heterocycles. The van der Waals surface area contributed by atoms with Gasteiger partial charge in [-0.1, -0.05) is 18.2 Å². The van der Waals surface area contributed by atoms with Gasteiger partial charge >= 0.3 is 5.97 Å². The predicted octanol–water partition coefficient (Wildman–Crippen LogP) is 1.78. The molecule has 1 aromatic carbocycles. The zero-order chi connectivity index (χ0) is 13.0. The van der Waals surface area contributed by atoms with E-state index in [0.29, 0.717) is 5.56 Å². The Kier molecular flexibility index (Phi) is 4.33. The van der Waals surface area contributed by atoms with Crippen LogP contribution >= 0.6 is 0 Å². The van der Waals surface area contributed by atoms with Crippen molar-refractivity contribution in [1.82, 2.24) is 9.96 Å². The Balaban J connectivity index is 1.98. The fourth-order valence-electron chi connectivity index (χ4n) is 2.22. The minimum absolute atomic E-state index is 0.227. The first-order chi connectivity index (χ1) is 8.66. The van der Waals surface area contributed by atoms with Gasteiger partial charge in [-0.2, -0.15) is 0 Å². The van der Waals surface area contributed by atoms with Gasteiger partial charge in [-0.25, -0.2) is 4.79 Å². The number of benzene rings is 1. The van der Waals surface area contributed by atoms with Crippen molar-refractivity contribution in [1.29, 1.82) is 0 Å². The summed E-state index contributed by atoms with van der Waals surface area (Å²) in [5.41, 5.74) is 0.599. The van der Waals surface area contributed by atoms with E-state index >= 15 is 0 Å². The van der Waals surface area contributed by atoms with Gasteiger partial charge in [-0.15, -0.1) is 5.06 Å². The second kappa shape index (κ2) is 5.98. The third-order valence-corrected chi connectivity index (χ3v) is 3.20. The fraction of sp³-hybridized carbons (Fsp3) is 0.500. The quantitative estimate of drug-likeness (QED) is 0.799. The molecule has 1 aliphatic rings. The molecule has 1 saturated heterocycles. The Morgan fingerprint density at radius 1 is 1.28 bits per heavy atom. The van der Waals surface area contributed by atoms with Crippen molar-refractivity contribution in [2.75, 3.05) is 26.7 Å². The van der Waals surface area contributed by atoms with Gasteiger partial charge in [0.1, 0.15) is 0 Å². The number of carbonyl (C=O) groups is 1. The second-order valence-corrected chi connectivity index (χ2v) is 4.85. The van der Waals surface area contributed by atoms with Crippen LogP contribution in [0, 0.1) is 0 Å². The monoisotopic (exact) mass is 248 g/mol. The standard InChI is InChI=1S/C14H20N2O2/c1-12-11-15(2)9-6-10-16(12)18-14(17)13-7-4-3-5-8-13/h3-5,7-8,12H,6,9-11H2,1-2H3/t12-/m0/s1. The third kappa shape index (κ3) is 3.31. The Morgan fingerprint density at radius 3 is 2.72 bits per heavy atom. The summed E-state index contributed by atoms with van der Waals surface area (Å²) in [4.78, 5) is 19.7. The Labute approximate surface area is 108 Å². The molecule has 0 unspecified atom stereocenters. The average molecular weight is 248 g/mol. The maximum Gasteiger partial charge on any atom is 0.357 e. The highest BCUT2D eigenvalue weighted by Gasteiger charge is 2.23. The van der Waals surface area contributed by atoms with E-state index in [0.717, 1.165) is 26.1 Å². The van der Waals surface area contributed by atoms with Crippen LogP contribution in [0.25, 0.3) is 0 Å². The molecule has 1 atom stereocenters. The normalized spacial score (nSPS) is 22.4. The third-order valence-electron chi connectivity index (χ3n) is 3.20. The van der Waals surface area contributed by atoms with Crippen molar-refractivity contribution >= 4 is 5.97 Å². The minimum atomic E-state index is -0.271. The van der Waals surface area contributed by atoms with Crippen LogP contribution in [0.5, 0.6) is 0 Å². The predicted molar refractivity (Wildman–Crippen MR) is 70.1 cm³/mol. The molecular formula is C14H20N2O2. The van der Waals surface area contributed by atoms with E-state index in [1.807, 2.05) is 18.2 Å². The molecule has 98 valence electrons. The first-order valence-electron chi connectivity index (χ1n) is 6.39. The molecular weight excluding hydrogens is 228 g/mol. The number of rotatable bonds is 2. The molecule has 1 fully saturated rings. The molecule has 0 aromatic heterocycles. The second-order valence-electron chi connectivity index (χ2n) is 4.85. The number of likely N-dealkylation sites (N-methyl/N-ethyl adjacent to an activating group) is 1. The van der Waals surface area contributed by atoms with Crippen molar-refractivity contribution in [3.63, 3.8) is 0 Å². The van der Waals surface area contributed by atoms with E-state index in [1.165, 1.54) is 0 Å². The fourth-order valence-corrected chi connectivity index (χ4v) is 2.22. The zero-order valence-corrected chi connectivity index (χ0v) is 11.0. The molecule has 1 aromatic rings. The summed E-state index contributed by atoms with van der Waals surface area (Å²) in [6, 6.07) is 9.35. The molecule has 4 nitrogen and oxygen atoms in total. The van der Waals surface area contributed by atoms with Crippen LogP contribution in [0.4, 0.5) is 0 Å². The van der Waals surface area contributed by atoms with Crippen molar-refractivity contribution in [3.05, 3.63) is 35.9 Å². The SMILES string of the molecule is C[C@H]1CN(C)CCCN1OC(=O)c1ccccc1. The highest BCUT2D eigenvalue weighted by molar-refractivity contribution is 5.89. The molecule has 1 heterocycles. The largest absolute Gasteiger partial charge is 0.364 e. The summed E-state index contributed by atoms with van der Waals surface area (Å²) in [5.74, 6) is -0.271. The van der Waals surface area contributed by atoms with E-state index in [-0.39, 0.29) is 12.0 Å². The molecule has 18 heavy (non-hydrogen) atoms. The minimum Gasteiger partial charge on any atom is -0.364 e. The van der Waals surface area contributed by atoms with E-state index in [4.69, 9.17) is 4.84 Å². The van der Waals surface area contributed by atoms with Crippen molar-refractivity contribution in [2.24, 2.45) is 0 Å². The van der Waals surface area contributed by atoms with Crippen molar-refractivity contribution in [3.8, 4) is 0 Å². The molecule has 0 bridgehead atoms. The van der Waals surface area contributed by atoms with E-state index in [1.54, 1.807) is 17.2 Å². The summed E-state index contributed by atoms with van der Waals surface area (Å²) in [7, 11) is 2.10. The Bertz CT molecular complexity index is 394. The smallest absolute Gasteiger partial charge is 0.357 e. The highest BCUT2D eigenvalue weighted by Crippen LogP contribution is 2.11. The number of carbonyl (C=O) groups excluding carboxylic acids is 1. The van der Waals surface area contributed by atoms with Crippen LogP contribution in [-0.4, -0.2) is 48.7 Å². The maximum atomic E-state index is 12.0. The van der Waals surface area contributed by atoms with Gasteiger partial charge in [0.05, 0.1) is 11.6 Å². The van der Waals surface area contributed by atoms with Crippen LogP contribution in [0.1, 0.15) is 23.7 Å². The van der Waals surface area contributed by atoms with Gasteiger partial charge in [0.15, 0.2) is 0 Å². The van der Waals surface area contributed by atoms with Gasteiger partial charge in [-0.3, -0.25) is 0 Å². The van der Waals surface area contributed by atoms with Crippen molar-refractivity contribution in [2.45, 2.75) is 19.4 Å². The number of nitrogens with zero attached hydrogens (tertiary/aromatic N) is 2. The summed E-state index contributed by atoms with van der Waals surface area (Å²) in [6.45, 7) is 4.84. The lowest BCUT2D eigenvalue weighted by atomic mass is 10.2. The number of hydrogen-bond acceptors (Lipinski definition) is 4. The maximum absolute atomic E-state index is 12.0. The van der Waals surface area contributed by atoms with Gasteiger partial charge in [0.25, 0.3) is 0 Å². The van der Waals surface area contributed by atoms with Crippen LogP contribution < -0.4 is 0 Å². The summed E-state index contributed by atoms with van der Waals surface area (Å²) >= 11 is 0. The van der Waals surface area contributed by atoms with Crippen LogP contribution in [0.15, 0.2) is 30.3 Å².